The van der Waals surface area contributed by atoms with Gasteiger partial charge in [0.05, 0.1) is 6.04 Å². The zero-order chi connectivity index (χ0) is 16.2. The van der Waals surface area contributed by atoms with Gasteiger partial charge < -0.3 is 9.64 Å². The first-order valence-corrected chi connectivity index (χ1v) is 10.4. The SMILES string of the molecule is CCSC1(SCC)C(=O)OC2=C(CCCCCC2)[C@H]1N(C)C. The molecule has 22 heavy (non-hydrogen) atoms. The van der Waals surface area contributed by atoms with Gasteiger partial charge in [-0.25, -0.2) is 4.79 Å². The number of thioether (sulfide) groups is 2. The number of rotatable bonds is 5. The fraction of sp³-hybridized carbons (Fsp3) is 0.824. The number of allylic oxidation sites excluding steroid dienone is 1. The number of carbonyl (C=O) groups is 1. The minimum absolute atomic E-state index is 0.0378. The van der Waals surface area contributed by atoms with E-state index in [0.717, 1.165) is 36.5 Å². The Morgan fingerprint density at radius 2 is 1.68 bits per heavy atom. The van der Waals surface area contributed by atoms with E-state index in [1.165, 1.54) is 24.8 Å². The first-order valence-electron chi connectivity index (χ1n) is 8.45. The predicted molar refractivity (Wildman–Crippen MR) is 97.3 cm³/mol. The van der Waals surface area contributed by atoms with Gasteiger partial charge in [-0.15, -0.1) is 23.5 Å². The van der Waals surface area contributed by atoms with Crippen molar-refractivity contribution in [2.75, 3.05) is 25.6 Å². The molecular formula is C17H29NO2S2. The number of ether oxygens (including phenoxy) is 1. The van der Waals surface area contributed by atoms with Crippen LogP contribution in [0.3, 0.4) is 0 Å². The van der Waals surface area contributed by atoms with Crippen LogP contribution in [-0.4, -0.2) is 46.6 Å². The summed E-state index contributed by atoms with van der Waals surface area (Å²) in [6.07, 6.45) is 6.89. The summed E-state index contributed by atoms with van der Waals surface area (Å²) in [5, 5.41) is 0. The molecule has 2 rings (SSSR count). The van der Waals surface area contributed by atoms with Gasteiger partial charge in [-0.2, -0.15) is 0 Å². The van der Waals surface area contributed by atoms with E-state index in [1.807, 2.05) is 0 Å². The smallest absolute Gasteiger partial charge is 0.339 e. The zero-order valence-electron chi connectivity index (χ0n) is 14.3. The fourth-order valence-corrected chi connectivity index (χ4v) is 6.82. The monoisotopic (exact) mass is 343 g/mol. The molecule has 0 amide bonds. The van der Waals surface area contributed by atoms with Crippen molar-refractivity contribution in [3.8, 4) is 0 Å². The van der Waals surface area contributed by atoms with E-state index >= 15 is 0 Å². The molecule has 0 N–H and O–H groups in total. The number of nitrogens with zero attached hydrogens (tertiary/aromatic N) is 1. The number of hydrogen-bond donors (Lipinski definition) is 0. The minimum Gasteiger partial charge on any atom is -0.429 e. The van der Waals surface area contributed by atoms with Crippen molar-refractivity contribution in [3.63, 3.8) is 0 Å². The summed E-state index contributed by atoms with van der Waals surface area (Å²) in [6.45, 7) is 4.26. The summed E-state index contributed by atoms with van der Waals surface area (Å²) in [5.74, 6) is 2.79. The lowest BCUT2D eigenvalue weighted by molar-refractivity contribution is -0.143. The van der Waals surface area contributed by atoms with E-state index in [-0.39, 0.29) is 12.0 Å². The number of hydrogen-bond acceptors (Lipinski definition) is 5. The van der Waals surface area contributed by atoms with Gasteiger partial charge in [-0.05, 0) is 50.4 Å². The van der Waals surface area contributed by atoms with Crippen LogP contribution in [0.4, 0.5) is 0 Å². The summed E-state index contributed by atoms with van der Waals surface area (Å²) in [6, 6.07) is 0.150. The molecule has 3 nitrogen and oxygen atoms in total. The van der Waals surface area contributed by atoms with Crippen LogP contribution in [0.5, 0.6) is 0 Å². The Morgan fingerprint density at radius 3 is 2.23 bits per heavy atom. The highest BCUT2D eigenvalue weighted by Crippen LogP contribution is 2.50. The van der Waals surface area contributed by atoms with Crippen molar-refractivity contribution in [1.82, 2.24) is 4.90 Å². The molecule has 0 fully saturated rings. The summed E-state index contributed by atoms with van der Waals surface area (Å²) in [7, 11) is 4.21. The van der Waals surface area contributed by atoms with Crippen LogP contribution in [0.25, 0.3) is 0 Å². The molecule has 0 spiro atoms. The van der Waals surface area contributed by atoms with Gasteiger partial charge in [0.2, 0.25) is 0 Å². The third-order valence-electron chi connectivity index (χ3n) is 4.38. The van der Waals surface area contributed by atoms with Crippen molar-refractivity contribution >= 4 is 29.5 Å². The van der Waals surface area contributed by atoms with Gasteiger partial charge in [0, 0.05) is 6.42 Å². The molecular weight excluding hydrogens is 314 g/mol. The molecule has 1 aliphatic carbocycles. The molecule has 0 aromatic carbocycles. The van der Waals surface area contributed by atoms with Gasteiger partial charge in [0.15, 0.2) is 4.08 Å². The van der Waals surface area contributed by atoms with Gasteiger partial charge in [0.25, 0.3) is 0 Å². The normalized spacial score (nSPS) is 25.5. The number of likely N-dealkylation sites (N-methyl/N-ethyl adjacent to an activating group) is 1. The van der Waals surface area contributed by atoms with Crippen molar-refractivity contribution in [2.45, 2.75) is 62.5 Å². The second kappa shape index (κ2) is 8.11. The van der Waals surface area contributed by atoms with E-state index in [9.17, 15) is 4.79 Å². The molecule has 0 bridgehead atoms. The second-order valence-electron chi connectivity index (χ2n) is 6.15. The largest absolute Gasteiger partial charge is 0.429 e. The summed E-state index contributed by atoms with van der Waals surface area (Å²) < 4.78 is 5.39. The lowest BCUT2D eigenvalue weighted by Gasteiger charge is -2.46. The van der Waals surface area contributed by atoms with Crippen molar-refractivity contribution in [2.24, 2.45) is 0 Å². The van der Waals surface area contributed by atoms with E-state index in [4.69, 9.17) is 4.74 Å². The van der Waals surface area contributed by atoms with Gasteiger partial charge >= 0.3 is 5.97 Å². The maximum Gasteiger partial charge on any atom is 0.339 e. The Bertz CT molecular complexity index is 428. The molecule has 0 saturated carbocycles. The van der Waals surface area contributed by atoms with Gasteiger partial charge in [-0.3, -0.25) is 0 Å². The minimum atomic E-state index is -0.509. The molecule has 0 aromatic heterocycles. The molecule has 5 heteroatoms. The van der Waals surface area contributed by atoms with Crippen molar-refractivity contribution in [1.29, 1.82) is 0 Å². The number of esters is 1. The van der Waals surface area contributed by atoms with Gasteiger partial charge in [0.1, 0.15) is 5.76 Å². The molecule has 0 aromatic rings. The topological polar surface area (TPSA) is 29.5 Å². The van der Waals surface area contributed by atoms with Crippen LogP contribution in [0.1, 0.15) is 52.4 Å². The third kappa shape index (κ3) is 3.51. The predicted octanol–water partition coefficient (Wildman–Crippen LogP) is 4.28. The summed E-state index contributed by atoms with van der Waals surface area (Å²) in [5.41, 5.74) is 1.38. The lowest BCUT2D eigenvalue weighted by atomic mass is 9.89. The van der Waals surface area contributed by atoms with Crippen LogP contribution < -0.4 is 0 Å². The van der Waals surface area contributed by atoms with E-state index < -0.39 is 4.08 Å². The Hall–Kier alpha value is -0.130. The highest BCUT2D eigenvalue weighted by molar-refractivity contribution is 8.19. The molecule has 1 aliphatic heterocycles. The van der Waals surface area contributed by atoms with Gasteiger partial charge in [-0.1, -0.05) is 26.7 Å². The molecule has 0 unspecified atom stereocenters. The van der Waals surface area contributed by atoms with Crippen LogP contribution in [0.15, 0.2) is 11.3 Å². The van der Waals surface area contributed by atoms with E-state index in [2.05, 4.69) is 32.8 Å². The molecule has 0 radical (unpaired) electrons. The molecule has 126 valence electrons. The zero-order valence-corrected chi connectivity index (χ0v) is 15.9. The van der Waals surface area contributed by atoms with E-state index in [0.29, 0.717) is 0 Å². The first kappa shape index (κ1) is 18.2. The third-order valence-corrected chi connectivity index (χ3v) is 7.30. The highest BCUT2D eigenvalue weighted by Gasteiger charge is 2.54. The lowest BCUT2D eigenvalue weighted by Crippen LogP contribution is -2.56. The summed E-state index contributed by atoms with van der Waals surface area (Å²) >= 11 is 3.50. The van der Waals surface area contributed by atoms with Crippen LogP contribution >= 0.6 is 23.5 Å². The Kier molecular flexibility index (Phi) is 6.72. The Balaban J connectivity index is 2.48. The molecule has 1 atom stereocenters. The number of carbonyl (C=O) groups excluding carboxylic acids is 1. The van der Waals surface area contributed by atoms with Crippen LogP contribution in [0.2, 0.25) is 0 Å². The fourth-order valence-electron chi connectivity index (χ4n) is 3.58. The summed E-state index contributed by atoms with van der Waals surface area (Å²) in [4.78, 5) is 15.2. The van der Waals surface area contributed by atoms with Crippen LogP contribution in [-0.2, 0) is 9.53 Å². The Morgan fingerprint density at radius 1 is 1.09 bits per heavy atom. The van der Waals surface area contributed by atoms with E-state index in [1.54, 1.807) is 23.5 Å². The average molecular weight is 344 g/mol. The molecule has 1 heterocycles. The maximum atomic E-state index is 12.9. The molecule has 0 saturated heterocycles. The Labute approximate surface area is 143 Å². The standard InChI is InChI=1S/C17H29NO2S2/c1-5-21-17(22-6-2)15(18(3)4)13-11-9-7-8-10-12-14(13)20-16(17)19/h15H,5-12H2,1-4H3/t15-/m1/s1. The first-order chi connectivity index (χ1) is 10.6. The quantitative estimate of drug-likeness (QED) is 0.549. The van der Waals surface area contributed by atoms with Crippen LogP contribution in [0, 0.1) is 0 Å². The average Bonchev–Trinajstić information content (AvgIpc) is 2.43. The van der Waals surface area contributed by atoms with Crippen molar-refractivity contribution in [3.05, 3.63) is 11.3 Å². The highest BCUT2D eigenvalue weighted by atomic mass is 32.2. The second-order valence-corrected chi connectivity index (χ2v) is 9.43. The maximum absolute atomic E-state index is 12.9. The molecule has 2 aliphatic rings. The van der Waals surface area contributed by atoms with Crippen molar-refractivity contribution < 1.29 is 9.53 Å².